The predicted octanol–water partition coefficient (Wildman–Crippen LogP) is 5.90. The number of hydrogen-bond acceptors (Lipinski definition) is 7. The van der Waals surface area contributed by atoms with Gasteiger partial charge in [-0.2, -0.15) is 0 Å². The van der Waals surface area contributed by atoms with E-state index in [9.17, 15) is 0 Å². The van der Waals surface area contributed by atoms with Gasteiger partial charge in [-0.15, -0.1) is 15.3 Å². The third-order valence-corrected chi connectivity index (χ3v) is 5.21. The summed E-state index contributed by atoms with van der Waals surface area (Å²) < 4.78 is 0. The lowest BCUT2D eigenvalue weighted by Gasteiger charge is -2.26. The van der Waals surface area contributed by atoms with Crippen molar-refractivity contribution in [3.05, 3.63) is 91.0 Å². The zero-order chi connectivity index (χ0) is 20.6. The number of pyridine rings is 1. The van der Waals surface area contributed by atoms with Gasteiger partial charge in [0.15, 0.2) is 5.65 Å². The molecule has 31 heavy (non-hydrogen) atoms. The Kier molecular flexibility index (Phi) is 3.96. The van der Waals surface area contributed by atoms with Crippen molar-refractivity contribution in [1.29, 1.82) is 0 Å². The van der Waals surface area contributed by atoms with Crippen LogP contribution in [0.25, 0.3) is 33.4 Å². The third-order valence-electron chi connectivity index (χ3n) is 5.21. The summed E-state index contributed by atoms with van der Waals surface area (Å²) in [7, 11) is 0. The molecule has 7 nitrogen and oxygen atoms in total. The van der Waals surface area contributed by atoms with Gasteiger partial charge in [-0.3, -0.25) is 0 Å². The van der Waals surface area contributed by atoms with Crippen molar-refractivity contribution < 1.29 is 0 Å². The van der Waals surface area contributed by atoms with Crippen molar-refractivity contribution in [2.24, 2.45) is 10.3 Å². The predicted molar refractivity (Wildman–Crippen MR) is 119 cm³/mol. The summed E-state index contributed by atoms with van der Waals surface area (Å²) in [4.78, 5) is 4.91. The van der Waals surface area contributed by atoms with Gasteiger partial charge in [0.1, 0.15) is 0 Å². The molecule has 1 aliphatic rings. The Balaban J connectivity index is 1.78. The van der Waals surface area contributed by atoms with Crippen LogP contribution in [-0.4, -0.2) is 20.4 Å². The minimum Gasteiger partial charge on any atom is -0.225 e. The van der Waals surface area contributed by atoms with Crippen LogP contribution in [0.1, 0.15) is 0 Å². The molecule has 0 saturated heterocycles. The molecule has 2 aromatic heterocycles. The molecule has 0 spiro atoms. The summed E-state index contributed by atoms with van der Waals surface area (Å²) in [5, 5.41) is 23.6. The quantitative estimate of drug-likeness (QED) is 0.376. The van der Waals surface area contributed by atoms with Crippen LogP contribution in [0.5, 0.6) is 0 Å². The average molecular weight is 401 g/mol. The molecule has 0 atom stereocenters. The Morgan fingerprint density at radius 2 is 1.29 bits per heavy atom. The Labute approximate surface area is 177 Å². The fourth-order valence-corrected chi connectivity index (χ4v) is 3.84. The Morgan fingerprint density at radius 3 is 2.00 bits per heavy atom. The van der Waals surface area contributed by atoms with Crippen molar-refractivity contribution >= 4 is 28.2 Å². The standard InChI is InChI=1S/C24H15N7/c1-4-10-16(11-5-1)19-21(17-12-6-2-7-13-17)25-23-20-22(19)31(18-14-8-3-9-15-18)30-28-24(20)27-29-26-23/h1-15H. The van der Waals surface area contributed by atoms with Gasteiger partial charge in [-0.05, 0) is 22.9 Å². The Bertz CT molecular complexity index is 1420. The van der Waals surface area contributed by atoms with Crippen LogP contribution in [0.15, 0.2) is 101 Å². The summed E-state index contributed by atoms with van der Waals surface area (Å²) in [6, 6.07) is 30.2. The molecule has 1 aliphatic heterocycles. The molecular formula is C24H15N7. The van der Waals surface area contributed by atoms with Gasteiger partial charge >= 0.3 is 0 Å². The van der Waals surface area contributed by atoms with E-state index < -0.39 is 0 Å². The second-order valence-corrected chi connectivity index (χ2v) is 7.06. The van der Waals surface area contributed by atoms with Crippen LogP contribution in [-0.2, 0) is 0 Å². The summed E-state index contributed by atoms with van der Waals surface area (Å²) in [6.07, 6.45) is 0. The number of rotatable bonds is 3. The van der Waals surface area contributed by atoms with E-state index in [4.69, 9.17) is 4.98 Å². The number of anilines is 2. The zero-order valence-corrected chi connectivity index (χ0v) is 16.3. The zero-order valence-electron chi connectivity index (χ0n) is 16.3. The van der Waals surface area contributed by atoms with Gasteiger partial charge in [0.2, 0.25) is 5.82 Å². The maximum absolute atomic E-state index is 4.91. The molecule has 0 radical (unpaired) electrons. The van der Waals surface area contributed by atoms with E-state index in [0.29, 0.717) is 11.5 Å². The highest BCUT2D eigenvalue weighted by Gasteiger charge is 2.29. The monoisotopic (exact) mass is 401 g/mol. The topological polar surface area (TPSA) is 79.5 Å². The van der Waals surface area contributed by atoms with Gasteiger partial charge in [-0.25, -0.2) is 9.99 Å². The lowest BCUT2D eigenvalue weighted by molar-refractivity contribution is 0.852. The normalized spacial score (nSPS) is 12.3. The summed E-state index contributed by atoms with van der Waals surface area (Å²) in [5.41, 5.74) is 5.96. The summed E-state index contributed by atoms with van der Waals surface area (Å²) in [6.45, 7) is 0. The molecule has 0 unspecified atom stereocenters. The van der Waals surface area contributed by atoms with Crippen LogP contribution in [0.2, 0.25) is 0 Å². The van der Waals surface area contributed by atoms with E-state index in [-0.39, 0.29) is 0 Å². The van der Waals surface area contributed by atoms with Crippen LogP contribution in [0.3, 0.4) is 0 Å². The molecule has 0 bridgehead atoms. The molecule has 6 rings (SSSR count). The van der Waals surface area contributed by atoms with E-state index in [1.165, 1.54) is 0 Å². The van der Waals surface area contributed by atoms with Gasteiger partial charge in [0.05, 0.1) is 22.5 Å². The Morgan fingerprint density at radius 1 is 0.645 bits per heavy atom. The molecule has 7 heteroatoms. The largest absolute Gasteiger partial charge is 0.225 e. The smallest absolute Gasteiger partial charge is 0.213 e. The first-order valence-electron chi connectivity index (χ1n) is 9.85. The maximum atomic E-state index is 4.91. The lowest BCUT2D eigenvalue weighted by atomic mass is 9.95. The second kappa shape index (κ2) is 7.07. The number of nitrogens with zero attached hydrogens (tertiary/aromatic N) is 7. The molecule has 0 saturated carbocycles. The third kappa shape index (κ3) is 2.83. The molecule has 0 N–H and O–H groups in total. The first-order chi connectivity index (χ1) is 15.4. The highest BCUT2D eigenvalue weighted by atomic mass is 15.6. The first kappa shape index (κ1) is 17.3. The molecule has 3 heterocycles. The van der Waals surface area contributed by atoms with Gasteiger partial charge in [0, 0.05) is 11.1 Å². The molecule has 0 fully saturated rings. The van der Waals surface area contributed by atoms with Gasteiger partial charge < -0.3 is 0 Å². The second-order valence-electron chi connectivity index (χ2n) is 7.06. The highest BCUT2D eigenvalue weighted by molar-refractivity contribution is 6.09. The minimum absolute atomic E-state index is 0.413. The number of para-hydroxylation sites is 1. The van der Waals surface area contributed by atoms with Crippen molar-refractivity contribution in [1.82, 2.24) is 20.4 Å². The van der Waals surface area contributed by atoms with E-state index in [1.807, 2.05) is 83.9 Å². The van der Waals surface area contributed by atoms with Crippen molar-refractivity contribution in [3.8, 4) is 22.4 Å². The fourth-order valence-electron chi connectivity index (χ4n) is 3.84. The van der Waals surface area contributed by atoms with Crippen LogP contribution in [0.4, 0.5) is 17.2 Å². The van der Waals surface area contributed by atoms with E-state index in [2.05, 4.69) is 37.9 Å². The van der Waals surface area contributed by atoms with Crippen LogP contribution >= 0.6 is 0 Å². The van der Waals surface area contributed by atoms with E-state index in [0.717, 1.165) is 39.1 Å². The van der Waals surface area contributed by atoms with Crippen molar-refractivity contribution in [2.45, 2.75) is 0 Å². The molecule has 146 valence electrons. The summed E-state index contributed by atoms with van der Waals surface area (Å²) >= 11 is 0. The highest BCUT2D eigenvalue weighted by Crippen LogP contribution is 2.48. The molecule has 3 aromatic carbocycles. The number of benzene rings is 3. The molecular weight excluding hydrogens is 386 g/mol. The van der Waals surface area contributed by atoms with E-state index in [1.54, 1.807) is 0 Å². The van der Waals surface area contributed by atoms with Crippen LogP contribution in [0, 0.1) is 0 Å². The number of aromatic nitrogens is 4. The SMILES string of the molecule is c1ccc(-c2nc3nnnc4c3c(c2-c2ccccc2)N(c2ccccc2)N=N4)cc1. The van der Waals surface area contributed by atoms with Crippen LogP contribution < -0.4 is 5.01 Å². The van der Waals surface area contributed by atoms with Crippen molar-refractivity contribution in [3.63, 3.8) is 0 Å². The lowest BCUT2D eigenvalue weighted by Crippen LogP contribution is -2.14. The van der Waals surface area contributed by atoms with Gasteiger partial charge in [0.25, 0.3) is 0 Å². The maximum Gasteiger partial charge on any atom is 0.213 e. The molecule has 0 aliphatic carbocycles. The average Bonchev–Trinajstić information content (AvgIpc) is 2.86. The van der Waals surface area contributed by atoms with Crippen molar-refractivity contribution in [2.75, 3.05) is 5.01 Å². The molecule has 0 amide bonds. The van der Waals surface area contributed by atoms with Gasteiger partial charge in [-0.1, -0.05) is 84.1 Å². The Hall–Kier alpha value is -4.52. The number of hydrogen-bond donors (Lipinski definition) is 0. The summed E-state index contributed by atoms with van der Waals surface area (Å²) in [5.74, 6) is 0.413. The molecule has 5 aromatic rings. The minimum atomic E-state index is 0.413. The fraction of sp³-hybridized carbons (Fsp3) is 0. The first-order valence-corrected chi connectivity index (χ1v) is 9.85. The van der Waals surface area contributed by atoms with E-state index >= 15 is 0 Å².